The van der Waals surface area contributed by atoms with Crippen LogP contribution in [0.15, 0.2) is 18.2 Å². The van der Waals surface area contributed by atoms with Gasteiger partial charge in [-0.05, 0) is 12.1 Å². The summed E-state index contributed by atoms with van der Waals surface area (Å²) in [7, 11) is 0. The van der Waals surface area contributed by atoms with E-state index in [0.29, 0.717) is 0 Å². The van der Waals surface area contributed by atoms with Crippen LogP contribution in [0.3, 0.4) is 0 Å². The molecule has 4 heteroatoms. The summed E-state index contributed by atoms with van der Waals surface area (Å²) in [5.74, 6) is -3.67. The first-order chi connectivity index (χ1) is 5.95. The zero-order chi connectivity index (χ0) is 10.1. The van der Waals surface area contributed by atoms with E-state index in [2.05, 4.69) is 0 Å². The minimum Gasteiger partial charge on any atom is -0.392 e. The van der Waals surface area contributed by atoms with Crippen molar-refractivity contribution in [1.29, 1.82) is 0 Å². The van der Waals surface area contributed by atoms with Crippen LogP contribution < -0.4 is 0 Å². The molecule has 0 aliphatic heterocycles. The molecule has 0 saturated heterocycles. The summed E-state index contributed by atoms with van der Waals surface area (Å²) >= 11 is 0. The molecule has 0 heterocycles. The van der Waals surface area contributed by atoms with Crippen molar-refractivity contribution in [2.24, 2.45) is 0 Å². The number of aliphatic hydroxyl groups is 1. The molecule has 0 fully saturated rings. The summed E-state index contributed by atoms with van der Waals surface area (Å²) in [5.41, 5.74) is -0.406. The van der Waals surface area contributed by atoms with Crippen LogP contribution in [-0.2, 0) is 12.5 Å². The maximum absolute atomic E-state index is 12.8. The summed E-state index contributed by atoms with van der Waals surface area (Å²) in [6, 6.07) is 2.90. The zero-order valence-corrected chi connectivity index (χ0v) is 7.02. The lowest BCUT2D eigenvalue weighted by Gasteiger charge is -2.11. The van der Waals surface area contributed by atoms with Crippen LogP contribution in [0.4, 0.5) is 13.2 Å². The van der Waals surface area contributed by atoms with Gasteiger partial charge in [-0.1, -0.05) is 6.07 Å². The van der Waals surface area contributed by atoms with Gasteiger partial charge >= 0.3 is 0 Å². The lowest BCUT2D eigenvalue weighted by Crippen LogP contribution is -2.08. The minimum absolute atomic E-state index is 0.112. The van der Waals surface area contributed by atoms with E-state index in [0.717, 1.165) is 25.1 Å². The molecule has 1 N–H and O–H groups in total. The number of aliphatic hydroxyl groups excluding tert-OH is 1. The van der Waals surface area contributed by atoms with E-state index in [1.807, 2.05) is 0 Å². The minimum atomic E-state index is -3.00. The van der Waals surface area contributed by atoms with Crippen molar-refractivity contribution < 1.29 is 18.3 Å². The highest BCUT2D eigenvalue weighted by Crippen LogP contribution is 2.28. The first kappa shape index (κ1) is 10.1. The standard InChI is InChI=1S/C9H9F3O/c1-9(11,12)7-2-3-8(10)6(4-7)5-13/h2-4,13H,5H2,1H3. The van der Waals surface area contributed by atoms with Gasteiger partial charge in [-0.15, -0.1) is 0 Å². The van der Waals surface area contributed by atoms with Gasteiger partial charge in [-0.2, -0.15) is 0 Å². The Labute approximate surface area is 73.8 Å². The monoisotopic (exact) mass is 190 g/mol. The number of hydrogen-bond donors (Lipinski definition) is 1. The third kappa shape index (κ3) is 2.21. The predicted octanol–water partition coefficient (Wildman–Crippen LogP) is 2.43. The summed E-state index contributed by atoms with van der Waals surface area (Å²) in [5, 5.41) is 8.62. The molecule has 0 unspecified atom stereocenters. The topological polar surface area (TPSA) is 20.2 Å². The highest BCUT2D eigenvalue weighted by molar-refractivity contribution is 5.27. The van der Waals surface area contributed by atoms with E-state index in [4.69, 9.17) is 5.11 Å². The van der Waals surface area contributed by atoms with Crippen molar-refractivity contribution in [2.75, 3.05) is 0 Å². The molecule has 0 radical (unpaired) electrons. The van der Waals surface area contributed by atoms with Crippen molar-refractivity contribution in [2.45, 2.75) is 19.5 Å². The molecule has 72 valence electrons. The molecule has 0 aliphatic rings. The number of hydrogen-bond acceptors (Lipinski definition) is 1. The first-order valence-corrected chi connectivity index (χ1v) is 3.72. The molecule has 13 heavy (non-hydrogen) atoms. The van der Waals surface area contributed by atoms with E-state index in [9.17, 15) is 13.2 Å². The summed E-state index contributed by atoms with van der Waals surface area (Å²) in [6.07, 6.45) is 0. The lowest BCUT2D eigenvalue weighted by atomic mass is 10.1. The van der Waals surface area contributed by atoms with E-state index >= 15 is 0 Å². The lowest BCUT2D eigenvalue weighted by molar-refractivity contribution is 0.0172. The molecular formula is C9H9F3O. The highest BCUT2D eigenvalue weighted by atomic mass is 19.3. The van der Waals surface area contributed by atoms with Gasteiger partial charge < -0.3 is 5.11 Å². The second kappa shape index (κ2) is 3.38. The molecule has 0 spiro atoms. The maximum Gasteiger partial charge on any atom is 0.270 e. The molecule has 1 aromatic carbocycles. The normalized spacial score (nSPS) is 11.8. The largest absolute Gasteiger partial charge is 0.392 e. The van der Waals surface area contributed by atoms with Gasteiger partial charge in [0, 0.05) is 18.1 Å². The van der Waals surface area contributed by atoms with Gasteiger partial charge in [0.1, 0.15) is 5.82 Å². The average molecular weight is 190 g/mol. The Kier molecular flexibility index (Phi) is 2.61. The van der Waals surface area contributed by atoms with Gasteiger partial charge in [-0.25, -0.2) is 13.2 Å². The molecule has 0 aromatic heterocycles. The molecule has 0 bridgehead atoms. The molecular weight excluding hydrogens is 181 g/mol. The Balaban J connectivity index is 3.14. The smallest absolute Gasteiger partial charge is 0.270 e. The molecule has 0 atom stereocenters. The van der Waals surface area contributed by atoms with Crippen LogP contribution >= 0.6 is 0 Å². The Bertz CT molecular complexity index is 304. The summed E-state index contributed by atoms with van der Waals surface area (Å²) in [4.78, 5) is 0. The Morgan fingerprint density at radius 3 is 2.46 bits per heavy atom. The van der Waals surface area contributed by atoms with Crippen LogP contribution in [0.1, 0.15) is 18.1 Å². The fourth-order valence-electron chi connectivity index (χ4n) is 0.969. The van der Waals surface area contributed by atoms with E-state index in [-0.39, 0.29) is 11.1 Å². The molecule has 1 rings (SSSR count). The molecule has 1 nitrogen and oxygen atoms in total. The quantitative estimate of drug-likeness (QED) is 0.759. The fraction of sp³-hybridized carbons (Fsp3) is 0.333. The van der Waals surface area contributed by atoms with Gasteiger partial charge in [0.15, 0.2) is 0 Å². The van der Waals surface area contributed by atoms with Crippen molar-refractivity contribution >= 4 is 0 Å². The van der Waals surface area contributed by atoms with Crippen molar-refractivity contribution in [3.8, 4) is 0 Å². The number of halogens is 3. The van der Waals surface area contributed by atoms with Gasteiger partial charge in [0.25, 0.3) is 5.92 Å². The molecule has 1 aromatic rings. The van der Waals surface area contributed by atoms with Gasteiger partial charge in [0.05, 0.1) is 6.61 Å². The fourth-order valence-corrected chi connectivity index (χ4v) is 0.969. The molecule has 0 aliphatic carbocycles. The number of benzene rings is 1. The van der Waals surface area contributed by atoms with Crippen LogP contribution in [0.25, 0.3) is 0 Å². The molecule has 0 amide bonds. The number of alkyl halides is 2. The van der Waals surface area contributed by atoms with Crippen molar-refractivity contribution in [3.63, 3.8) is 0 Å². The van der Waals surface area contributed by atoms with Crippen LogP contribution in [-0.4, -0.2) is 5.11 Å². The Morgan fingerprint density at radius 2 is 2.00 bits per heavy atom. The first-order valence-electron chi connectivity index (χ1n) is 3.72. The van der Waals surface area contributed by atoms with Gasteiger partial charge in [-0.3, -0.25) is 0 Å². The van der Waals surface area contributed by atoms with E-state index in [1.165, 1.54) is 0 Å². The average Bonchev–Trinajstić information content (AvgIpc) is 2.03. The van der Waals surface area contributed by atoms with Crippen LogP contribution in [0.5, 0.6) is 0 Å². The Hall–Kier alpha value is -1.03. The van der Waals surface area contributed by atoms with Crippen LogP contribution in [0, 0.1) is 5.82 Å². The number of rotatable bonds is 2. The van der Waals surface area contributed by atoms with E-state index in [1.54, 1.807) is 0 Å². The Morgan fingerprint density at radius 1 is 1.38 bits per heavy atom. The SMILES string of the molecule is CC(F)(F)c1ccc(F)c(CO)c1. The van der Waals surface area contributed by atoms with E-state index < -0.39 is 18.3 Å². The second-order valence-corrected chi connectivity index (χ2v) is 2.85. The van der Waals surface area contributed by atoms with Crippen LogP contribution in [0.2, 0.25) is 0 Å². The predicted molar refractivity (Wildman–Crippen MR) is 41.9 cm³/mol. The van der Waals surface area contributed by atoms with Crippen molar-refractivity contribution in [3.05, 3.63) is 35.1 Å². The molecule has 0 saturated carbocycles. The van der Waals surface area contributed by atoms with Gasteiger partial charge in [0.2, 0.25) is 0 Å². The van der Waals surface area contributed by atoms with Crippen molar-refractivity contribution in [1.82, 2.24) is 0 Å². The third-order valence-electron chi connectivity index (χ3n) is 1.72. The maximum atomic E-state index is 12.8. The summed E-state index contributed by atoms with van der Waals surface area (Å²) < 4.78 is 38.2. The second-order valence-electron chi connectivity index (χ2n) is 2.85. The summed E-state index contributed by atoms with van der Waals surface area (Å²) in [6.45, 7) is 0.150. The highest BCUT2D eigenvalue weighted by Gasteiger charge is 2.24. The zero-order valence-electron chi connectivity index (χ0n) is 7.02. The third-order valence-corrected chi connectivity index (χ3v) is 1.72.